The van der Waals surface area contributed by atoms with Crippen molar-refractivity contribution in [2.75, 3.05) is 26.4 Å². The second-order valence-corrected chi connectivity index (χ2v) is 6.84. The van der Waals surface area contributed by atoms with Crippen LogP contribution in [0, 0.1) is 5.92 Å². The molecule has 0 aromatic heterocycles. The number of hydrogen-bond acceptors (Lipinski definition) is 5. The van der Waals surface area contributed by atoms with Gasteiger partial charge in [-0.05, 0) is 44.9 Å². The van der Waals surface area contributed by atoms with Gasteiger partial charge in [-0.25, -0.2) is 0 Å². The normalized spacial score (nSPS) is 22.5. The van der Waals surface area contributed by atoms with Gasteiger partial charge in [-0.15, -0.1) is 13.2 Å². The predicted octanol–water partition coefficient (Wildman–Crippen LogP) is 2.22. The summed E-state index contributed by atoms with van der Waals surface area (Å²) in [7, 11) is 0. The molecule has 0 bridgehead atoms. The third-order valence-corrected chi connectivity index (χ3v) is 4.73. The molecule has 2 aliphatic rings. The molecule has 3 atom stereocenters. The lowest BCUT2D eigenvalue weighted by Crippen LogP contribution is -2.46. The van der Waals surface area contributed by atoms with Crippen molar-refractivity contribution in [1.29, 1.82) is 0 Å². The third-order valence-electron chi connectivity index (χ3n) is 4.73. The second kappa shape index (κ2) is 13.9. The van der Waals surface area contributed by atoms with Crippen molar-refractivity contribution in [3.63, 3.8) is 0 Å². The summed E-state index contributed by atoms with van der Waals surface area (Å²) < 4.78 is 9.57. The van der Waals surface area contributed by atoms with Gasteiger partial charge in [0.1, 0.15) is 6.04 Å². The molecule has 1 saturated carbocycles. The van der Waals surface area contributed by atoms with Crippen LogP contribution in [-0.2, 0) is 23.9 Å². The van der Waals surface area contributed by atoms with Gasteiger partial charge in [-0.3, -0.25) is 14.4 Å². The first-order chi connectivity index (χ1) is 13.6. The highest BCUT2D eigenvalue weighted by molar-refractivity contribution is 5.88. The first kappa shape index (κ1) is 23.9. The summed E-state index contributed by atoms with van der Waals surface area (Å²) in [5, 5.41) is 3.03. The molecule has 1 aliphatic heterocycles. The van der Waals surface area contributed by atoms with Crippen molar-refractivity contribution < 1.29 is 23.9 Å². The molecule has 0 radical (unpaired) electrons. The molecule has 1 heterocycles. The van der Waals surface area contributed by atoms with Crippen LogP contribution >= 0.6 is 0 Å². The van der Waals surface area contributed by atoms with Gasteiger partial charge >= 0.3 is 0 Å². The van der Waals surface area contributed by atoms with Crippen LogP contribution in [0.4, 0.5) is 0 Å². The molecular formula is C21H34N2O5. The van der Waals surface area contributed by atoms with Crippen LogP contribution in [0.25, 0.3) is 0 Å². The Labute approximate surface area is 168 Å². The summed E-state index contributed by atoms with van der Waals surface area (Å²) in [6.07, 6.45) is 8.30. The molecule has 28 heavy (non-hydrogen) atoms. The van der Waals surface area contributed by atoms with Crippen molar-refractivity contribution in [1.82, 2.24) is 10.2 Å². The molecule has 2 rings (SSSR count). The fourth-order valence-corrected chi connectivity index (χ4v) is 3.06. The Balaban J connectivity index is 0.000000696. The number of carbonyl (C=O) groups excluding carboxylic acids is 3. The topological polar surface area (TPSA) is 84.9 Å². The van der Waals surface area contributed by atoms with E-state index in [1.54, 1.807) is 11.8 Å². The predicted molar refractivity (Wildman–Crippen MR) is 108 cm³/mol. The molecule has 2 fully saturated rings. The maximum atomic E-state index is 12.3. The van der Waals surface area contributed by atoms with E-state index in [-0.39, 0.29) is 23.9 Å². The van der Waals surface area contributed by atoms with Gasteiger partial charge in [0.2, 0.25) is 11.8 Å². The number of hydrogen-bond donors (Lipinski definition) is 1. The molecular weight excluding hydrogens is 360 g/mol. The summed E-state index contributed by atoms with van der Waals surface area (Å²) >= 11 is 0. The smallest absolute Gasteiger partial charge is 0.293 e. The molecule has 2 amide bonds. The van der Waals surface area contributed by atoms with Crippen molar-refractivity contribution in [3.05, 3.63) is 25.3 Å². The van der Waals surface area contributed by atoms with E-state index in [0.717, 1.165) is 25.7 Å². The minimum absolute atomic E-state index is 0.00701. The van der Waals surface area contributed by atoms with Gasteiger partial charge in [0.25, 0.3) is 6.47 Å². The Hall–Kier alpha value is -2.15. The maximum Gasteiger partial charge on any atom is 0.293 e. The highest BCUT2D eigenvalue weighted by Crippen LogP contribution is 2.31. The van der Waals surface area contributed by atoms with Gasteiger partial charge < -0.3 is 19.7 Å². The summed E-state index contributed by atoms with van der Waals surface area (Å²) in [5.74, 6) is 0.454. The number of carbonyl (C=O) groups is 3. The second-order valence-electron chi connectivity index (χ2n) is 6.84. The lowest BCUT2D eigenvalue weighted by Gasteiger charge is -2.24. The fourth-order valence-electron chi connectivity index (χ4n) is 3.06. The van der Waals surface area contributed by atoms with Crippen molar-refractivity contribution >= 4 is 18.3 Å². The first-order valence-corrected chi connectivity index (χ1v) is 10.0. The third kappa shape index (κ3) is 8.69. The summed E-state index contributed by atoms with van der Waals surface area (Å²) in [6, 6.07) is -0.0777. The van der Waals surface area contributed by atoms with E-state index in [2.05, 4.69) is 23.2 Å². The number of likely N-dealkylation sites (tertiary alicyclic amines) is 1. The van der Waals surface area contributed by atoms with Crippen molar-refractivity contribution in [2.24, 2.45) is 5.92 Å². The van der Waals surface area contributed by atoms with Gasteiger partial charge in [-0.1, -0.05) is 12.2 Å². The van der Waals surface area contributed by atoms with E-state index in [4.69, 9.17) is 4.74 Å². The number of nitrogens with one attached hydrogen (secondary N) is 1. The van der Waals surface area contributed by atoms with Crippen molar-refractivity contribution in [3.8, 4) is 0 Å². The summed E-state index contributed by atoms with van der Waals surface area (Å²) in [4.78, 5) is 35.6. The van der Waals surface area contributed by atoms with Crippen molar-refractivity contribution in [2.45, 2.75) is 57.5 Å². The van der Waals surface area contributed by atoms with Gasteiger partial charge in [0.05, 0.1) is 6.61 Å². The van der Waals surface area contributed by atoms with Gasteiger partial charge in [0.15, 0.2) is 0 Å². The molecule has 7 nitrogen and oxygen atoms in total. The van der Waals surface area contributed by atoms with Crippen LogP contribution in [0.3, 0.4) is 0 Å². The number of amides is 2. The van der Waals surface area contributed by atoms with E-state index in [9.17, 15) is 14.4 Å². The van der Waals surface area contributed by atoms with Crippen LogP contribution < -0.4 is 5.32 Å². The maximum absolute atomic E-state index is 12.3. The zero-order valence-corrected chi connectivity index (χ0v) is 16.9. The van der Waals surface area contributed by atoms with Gasteiger partial charge in [0, 0.05) is 32.2 Å². The molecule has 1 aliphatic carbocycles. The van der Waals surface area contributed by atoms with Crippen LogP contribution in [0.5, 0.6) is 0 Å². The largest absolute Gasteiger partial charge is 0.468 e. The molecule has 2 unspecified atom stereocenters. The average molecular weight is 395 g/mol. The number of nitrogens with zero attached hydrogens (tertiary/aromatic N) is 1. The molecule has 1 saturated heterocycles. The van der Waals surface area contributed by atoms with Crippen LogP contribution in [0.15, 0.2) is 25.3 Å². The quantitative estimate of drug-likeness (QED) is 0.312. The first-order valence-electron chi connectivity index (χ1n) is 10.0. The summed E-state index contributed by atoms with van der Waals surface area (Å²) in [6.45, 7) is 12.0. The van der Waals surface area contributed by atoms with E-state index in [0.29, 0.717) is 51.6 Å². The minimum atomic E-state index is -0.296. The lowest BCUT2D eigenvalue weighted by atomic mass is 10.2. The highest BCUT2D eigenvalue weighted by atomic mass is 16.5. The standard InChI is InChI=1S/C18H28N2O3.C3H6O2/c1-3-5-11-23-12-7-9-17(21)20-10-6-8-16(20)18(22)19-15-13-14(15)4-2;1-2-5-3-4/h3-4,14-16H,1-2,5-13H2,(H,19,22);3H,2H2,1H3/t14-,15?,16?;/m1./s1. The molecule has 0 aromatic carbocycles. The number of ether oxygens (including phenoxy) is 2. The van der Waals surface area contributed by atoms with E-state index < -0.39 is 0 Å². The summed E-state index contributed by atoms with van der Waals surface area (Å²) in [5.41, 5.74) is 0. The molecule has 1 N–H and O–H groups in total. The Morgan fingerprint density at radius 1 is 1.29 bits per heavy atom. The minimum Gasteiger partial charge on any atom is -0.468 e. The van der Waals surface area contributed by atoms with Crippen LogP contribution in [0.1, 0.15) is 45.4 Å². The number of rotatable bonds is 12. The van der Waals surface area contributed by atoms with Crippen LogP contribution in [-0.4, -0.2) is 61.6 Å². The lowest BCUT2D eigenvalue weighted by molar-refractivity contribution is -0.138. The zero-order valence-electron chi connectivity index (χ0n) is 16.9. The van der Waals surface area contributed by atoms with E-state index >= 15 is 0 Å². The Kier molecular flexibility index (Phi) is 11.9. The van der Waals surface area contributed by atoms with Crippen LogP contribution in [0.2, 0.25) is 0 Å². The van der Waals surface area contributed by atoms with Gasteiger partial charge in [-0.2, -0.15) is 0 Å². The Bertz CT molecular complexity index is 523. The Morgan fingerprint density at radius 2 is 2.07 bits per heavy atom. The Morgan fingerprint density at radius 3 is 2.64 bits per heavy atom. The highest BCUT2D eigenvalue weighted by Gasteiger charge is 2.40. The molecule has 0 aromatic rings. The monoisotopic (exact) mass is 394 g/mol. The molecule has 7 heteroatoms. The average Bonchev–Trinajstić information content (AvgIpc) is 3.25. The van der Waals surface area contributed by atoms with E-state index in [1.165, 1.54) is 0 Å². The SMILES string of the molecule is C=CCCOCCCC(=O)N1CCCC1C(=O)NC1C[C@H]1C=C.CCOC=O. The molecule has 158 valence electrons. The molecule has 0 spiro atoms. The van der Waals surface area contributed by atoms with E-state index in [1.807, 2.05) is 12.2 Å². The zero-order chi connectivity index (χ0) is 20.8. The fraction of sp³-hybridized carbons (Fsp3) is 0.667.